The number of fused-ring (bicyclic) bond motifs is 7. The molecule has 2 unspecified atom stereocenters. The number of hydrogen-bond acceptors (Lipinski definition) is 12. The molecule has 5 atom stereocenters. The van der Waals surface area contributed by atoms with E-state index in [4.69, 9.17) is 9.47 Å². The Balaban J connectivity index is 1.40. The minimum absolute atomic E-state index is 0.0176. The third-order valence-electron chi connectivity index (χ3n) is 9.79. The van der Waals surface area contributed by atoms with E-state index in [1.54, 1.807) is 25.5 Å². The standard InChI is InChI=1S/C36H40N6O6S/c1-18-12-21-13-24-26(15-37)42-25(30(41(24)4)28(21)32(44)34(18)47-5)14-23-29(33(45)35(48-6)19(2)31(23)43)27(42)16-38-36(46)20(3)39-17-49-40-22-10-8-7-9-11-22/h7-12,14,17,20,24,26-27,30,40,43-45H,13,16H2,1-6H3,(H,38,46)/t20?,24-,26-,27-,30?/m0/s1. The van der Waals surface area contributed by atoms with Crippen LogP contribution in [0.4, 0.5) is 5.69 Å². The van der Waals surface area contributed by atoms with Gasteiger partial charge in [0.2, 0.25) is 5.91 Å². The first-order valence-electron chi connectivity index (χ1n) is 15.9. The van der Waals surface area contributed by atoms with Gasteiger partial charge >= 0.3 is 0 Å². The molecule has 3 aliphatic heterocycles. The van der Waals surface area contributed by atoms with Crippen LogP contribution in [0, 0.1) is 25.2 Å². The lowest BCUT2D eigenvalue weighted by Gasteiger charge is -2.57. The zero-order chi connectivity index (χ0) is 35.1. The predicted octanol–water partition coefficient (Wildman–Crippen LogP) is 4.93. The van der Waals surface area contributed by atoms with E-state index in [2.05, 4.69) is 26.0 Å². The van der Waals surface area contributed by atoms with Crippen LogP contribution < -0.4 is 19.5 Å². The number of phenolic OH excluding ortho intramolecular Hbond substituents is 3. The Morgan fingerprint density at radius 3 is 2.49 bits per heavy atom. The highest BCUT2D eigenvalue weighted by Crippen LogP contribution is 2.58. The number of likely N-dealkylation sites (N-methyl/N-ethyl adjacent to an activating group) is 1. The highest BCUT2D eigenvalue weighted by molar-refractivity contribution is 8.13. The first-order valence-corrected chi connectivity index (χ1v) is 16.8. The number of nitrogens with one attached hydrogen (secondary N) is 2. The molecular weight excluding hydrogens is 644 g/mol. The van der Waals surface area contributed by atoms with E-state index in [0.717, 1.165) is 16.8 Å². The van der Waals surface area contributed by atoms with Gasteiger partial charge in [0.05, 0.1) is 37.9 Å². The summed E-state index contributed by atoms with van der Waals surface area (Å²) in [6.07, 6.45) is 2.24. The average molecular weight is 685 g/mol. The van der Waals surface area contributed by atoms with E-state index in [1.807, 2.05) is 55.3 Å². The Labute approximate surface area is 289 Å². The van der Waals surface area contributed by atoms with Gasteiger partial charge < -0.3 is 39.7 Å². The van der Waals surface area contributed by atoms with Crippen LogP contribution in [0.15, 0.2) is 47.1 Å². The third kappa shape index (κ3) is 5.64. The van der Waals surface area contributed by atoms with Crippen molar-refractivity contribution in [1.29, 1.82) is 5.26 Å². The molecule has 3 aromatic rings. The normalized spacial score (nSPS) is 21.5. The molecule has 0 aliphatic carbocycles. The molecule has 0 radical (unpaired) electrons. The molecule has 1 saturated heterocycles. The smallest absolute Gasteiger partial charge is 0.244 e. The van der Waals surface area contributed by atoms with Crippen molar-refractivity contribution in [2.75, 3.05) is 32.5 Å². The van der Waals surface area contributed by atoms with E-state index < -0.39 is 24.2 Å². The summed E-state index contributed by atoms with van der Waals surface area (Å²) in [5.74, 6) is -0.136. The second-order valence-corrected chi connectivity index (χ2v) is 13.1. The van der Waals surface area contributed by atoms with Crippen molar-refractivity contribution in [3.63, 3.8) is 0 Å². The lowest BCUT2D eigenvalue weighted by molar-refractivity contribution is -0.122. The number of piperazine rings is 1. The summed E-state index contributed by atoms with van der Waals surface area (Å²) in [6.45, 7) is 5.18. The number of rotatable bonds is 9. The number of hydrogen-bond donors (Lipinski definition) is 5. The molecule has 0 aromatic heterocycles. The van der Waals surface area contributed by atoms with Crippen LogP contribution in [0.1, 0.15) is 52.4 Å². The summed E-state index contributed by atoms with van der Waals surface area (Å²) < 4.78 is 14.2. The maximum absolute atomic E-state index is 13.4. The van der Waals surface area contributed by atoms with Crippen LogP contribution in [-0.2, 0) is 11.2 Å². The van der Waals surface area contributed by atoms with Crippen molar-refractivity contribution in [2.24, 2.45) is 4.99 Å². The second kappa shape index (κ2) is 13.4. The van der Waals surface area contributed by atoms with Crippen molar-refractivity contribution >= 4 is 35.2 Å². The number of anilines is 1. The lowest BCUT2D eigenvalue weighted by atomic mass is 9.75. The largest absolute Gasteiger partial charge is 0.507 e. The molecule has 12 nitrogen and oxygen atoms in total. The molecule has 1 amide bonds. The summed E-state index contributed by atoms with van der Waals surface area (Å²) in [6, 6.07) is 11.0. The molecule has 2 bridgehead atoms. The molecule has 3 aromatic carbocycles. The molecule has 256 valence electrons. The molecule has 49 heavy (non-hydrogen) atoms. The van der Waals surface area contributed by atoms with Gasteiger partial charge in [-0.3, -0.25) is 14.7 Å². The van der Waals surface area contributed by atoms with Gasteiger partial charge in [0, 0.05) is 46.2 Å². The zero-order valence-electron chi connectivity index (χ0n) is 28.2. The first kappa shape index (κ1) is 33.8. The third-order valence-corrected chi connectivity index (χ3v) is 10.4. The number of carbonyl (C=O) groups excluding carboxylic acids is 1. The van der Waals surface area contributed by atoms with Crippen molar-refractivity contribution in [3.05, 3.63) is 75.5 Å². The van der Waals surface area contributed by atoms with Crippen LogP contribution in [0.25, 0.3) is 6.08 Å². The number of amides is 1. The van der Waals surface area contributed by atoms with E-state index in [0.29, 0.717) is 40.1 Å². The summed E-state index contributed by atoms with van der Waals surface area (Å²) >= 11 is 1.24. The van der Waals surface area contributed by atoms with E-state index >= 15 is 0 Å². The maximum Gasteiger partial charge on any atom is 0.244 e. The van der Waals surface area contributed by atoms with Gasteiger partial charge in [-0.05, 0) is 75.5 Å². The van der Waals surface area contributed by atoms with Crippen molar-refractivity contribution in [1.82, 2.24) is 15.1 Å². The summed E-state index contributed by atoms with van der Waals surface area (Å²) in [5, 5.41) is 48.5. The van der Waals surface area contributed by atoms with Gasteiger partial charge in [-0.2, -0.15) is 5.26 Å². The predicted molar refractivity (Wildman–Crippen MR) is 189 cm³/mol. The zero-order valence-corrected chi connectivity index (χ0v) is 29.0. The topological polar surface area (TPSA) is 163 Å². The number of para-hydroxylation sites is 1. The Morgan fingerprint density at radius 1 is 1.12 bits per heavy atom. The molecule has 13 heteroatoms. The Hall–Kier alpha value is -5.06. The maximum atomic E-state index is 13.4. The van der Waals surface area contributed by atoms with E-state index in [1.165, 1.54) is 26.2 Å². The van der Waals surface area contributed by atoms with Crippen LogP contribution in [0.2, 0.25) is 0 Å². The minimum Gasteiger partial charge on any atom is -0.507 e. The van der Waals surface area contributed by atoms with Crippen LogP contribution in [0.5, 0.6) is 28.7 Å². The fourth-order valence-electron chi connectivity index (χ4n) is 7.44. The number of phenols is 3. The minimum atomic E-state index is -0.788. The van der Waals surface area contributed by atoms with Gasteiger partial charge in [0.15, 0.2) is 23.0 Å². The summed E-state index contributed by atoms with van der Waals surface area (Å²) in [5.41, 5.74) is 6.47. The highest BCUT2D eigenvalue weighted by Gasteiger charge is 2.53. The van der Waals surface area contributed by atoms with Gasteiger partial charge in [0.1, 0.15) is 17.8 Å². The number of ether oxygens (including phenoxy) is 2. The number of nitriles is 1. The Morgan fingerprint density at radius 2 is 1.82 bits per heavy atom. The van der Waals surface area contributed by atoms with E-state index in [9.17, 15) is 25.4 Å². The molecule has 5 N–H and O–H groups in total. The number of nitrogens with zero attached hydrogens (tertiary/aromatic N) is 4. The number of benzene rings is 3. The summed E-state index contributed by atoms with van der Waals surface area (Å²) in [7, 11) is 4.84. The number of carbonyl (C=O) groups is 1. The number of aryl methyl sites for hydroxylation is 1. The molecule has 3 aliphatic rings. The Bertz CT molecular complexity index is 1890. The summed E-state index contributed by atoms with van der Waals surface area (Å²) in [4.78, 5) is 21.8. The van der Waals surface area contributed by atoms with Gasteiger partial charge in [-0.1, -0.05) is 24.3 Å². The molecule has 0 spiro atoms. The van der Waals surface area contributed by atoms with Gasteiger partial charge in [-0.25, -0.2) is 0 Å². The molecule has 0 saturated carbocycles. The van der Waals surface area contributed by atoms with Crippen LogP contribution in [-0.4, -0.2) is 82.5 Å². The van der Waals surface area contributed by atoms with Crippen molar-refractivity contribution in [2.45, 2.75) is 57.4 Å². The molecule has 3 heterocycles. The SMILES string of the molecule is COc1c(C)cc2c(c1O)C1C3=Cc4c(O)c(C)c(OC)c(O)c4[C@H](CNC(=O)C(C)N=CSNc4ccccc4)N3[C@@H](C#N)[C@H](C2)N1C. The number of aromatic hydroxyl groups is 3. The molecule has 6 rings (SSSR count). The highest BCUT2D eigenvalue weighted by atomic mass is 32.2. The van der Waals surface area contributed by atoms with E-state index in [-0.39, 0.29) is 41.5 Å². The van der Waals surface area contributed by atoms with Crippen LogP contribution >= 0.6 is 11.9 Å². The quantitative estimate of drug-likeness (QED) is 0.0899. The first-order chi connectivity index (χ1) is 23.5. The van der Waals surface area contributed by atoms with Crippen molar-refractivity contribution in [3.8, 4) is 34.8 Å². The second-order valence-electron chi connectivity index (χ2n) is 12.5. The average Bonchev–Trinajstić information content (AvgIpc) is 3.09. The molecule has 1 fully saturated rings. The monoisotopic (exact) mass is 684 g/mol. The Kier molecular flexibility index (Phi) is 9.28. The number of aliphatic imine (C=N–C) groups is 1. The fraction of sp³-hybridized carbons (Fsp3) is 0.361. The number of methoxy groups -OCH3 is 2. The van der Waals surface area contributed by atoms with Gasteiger partial charge in [-0.15, -0.1) is 0 Å². The van der Waals surface area contributed by atoms with Gasteiger partial charge in [0.25, 0.3) is 0 Å². The molecular formula is C36H40N6O6S. The lowest BCUT2D eigenvalue weighted by Crippen LogP contribution is -2.62. The van der Waals surface area contributed by atoms with Crippen molar-refractivity contribution < 1.29 is 29.6 Å². The van der Waals surface area contributed by atoms with Crippen LogP contribution in [0.3, 0.4) is 0 Å². The fourth-order valence-corrected chi connectivity index (χ4v) is 8.00.